The van der Waals surface area contributed by atoms with E-state index in [4.69, 9.17) is 0 Å². The second-order valence-electron chi connectivity index (χ2n) is 5.55. The molecular weight excluding hydrogens is 272 g/mol. The van der Waals surface area contributed by atoms with Crippen LogP contribution in [0.1, 0.15) is 38.7 Å². The van der Waals surface area contributed by atoms with Crippen molar-refractivity contribution in [3.8, 4) is 0 Å². The van der Waals surface area contributed by atoms with Gasteiger partial charge in [0.2, 0.25) is 10.0 Å². The molecule has 1 heterocycles. The maximum atomic E-state index is 12.6. The van der Waals surface area contributed by atoms with Gasteiger partial charge in [-0.15, -0.1) is 0 Å². The molecule has 0 amide bonds. The van der Waals surface area contributed by atoms with Gasteiger partial charge in [0.1, 0.15) is 0 Å². The molecule has 20 heavy (non-hydrogen) atoms. The van der Waals surface area contributed by atoms with Crippen LogP contribution in [0.25, 0.3) is 0 Å². The number of sulfonamides is 1. The van der Waals surface area contributed by atoms with E-state index in [2.05, 4.69) is 19.2 Å². The highest BCUT2D eigenvalue weighted by Gasteiger charge is 2.30. The van der Waals surface area contributed by atoms with Crippen molar-refractivity contribution in [3.05, 3.63) is 29.8 Å². The molecule has 0 radical (unpaired) electrons. The molecule has 1 unspecified atom stereocenters. The Bertz CT molecular complexity index is 539. The zero-order valence-electron chi connectivity index (χ0n) is 12.5. The molecule has 0 spiro atoms. The summed E-state index contributed by atoms with van der Waals surface area (Å²) in [4.78, 5) is 0.401. The lowest BCUT2D eigenvalue weighted by Gasteiger charge is -2.32. The van der Waals surface area contributed by atoms with Crippen LogP contribution in [0.2, 0.25) is 0 Å². The van der Waals surface area contributed by atoms with Crippen molar-refractivity contribution in [3.63, 3.8) is 0 Å². The first-order valence-electron chi connectivity index (χ1n) is 7.29. The molecule has 1 saturated heterocycles. The van der Waals surface area contributed by atoms with Gasteiger partial charge in [0.25, 0.3) is 0 Å². The van der Waals surface area contributed by atoms with Crippen molar-refractivity contribution in [2.45, 2.75) is 44.0 Å². The predicted molar refractivity (Wildman–Crippen MR) is 81.4 cm³/mol. The molecular formula is C15H24N2O2S. The minimum absolute atomic E-state index is 0.00277. The molecule has 1 aliphatic heterocycles. The number of hydrogen-bond donors (Lipinski definition) is 1. The molecule has 2 rings (SSSR count). The highest BCUT2D eigenvalue weighted by atomic mass is 32.2. The van der Waals surface area contributed by atoms with Crippen molar-refractivity contribution in [1.82, 2.24) is 9.62 Å². The van der Waals surface area contributed by atoms with E-state index >= 15 is 0 Å². The van der Waals surface area contributed by atoms with Crippen molar-refractivity contribution in [2.75, 3.05) is 19.6 Å². The molecule has 1 aromatic rings. The highest BCUT2D eigenvalue weighted by Crippen LogP contribution is 2.23. The van der Waals surface area contributed by atoms with Crippen LogP contribution in [0.4, 0.5) is 0 Å². The Labute approximate surface area is 122 Å². The Hall–Kier alpha value is -0.910. The molecule has 0 aromatic heterocycles. The van der Waals surface area contributed by atoms with Gasteiger partial charge < -0.3 is 5.32 Å². The van der Waals surface area contributed by atoms with Gasteiger partial charge in [-0.25, -0.2) is 8.42 Å². The SMILES string of the molecule is CCC(C)c1ccc(S(=O)(=O)N2CCNC[C@H]2C)cc1. The summed E-state index contributed by atoms with van der Waals surface area (Å²) in [6, 6.07) is 7.36. The molecule has 0 aliphatic carbocycles. The number of nitrogens with one attached hydrogen (secondary N) is 1. The number of benzene rings is 1. The fourth-order valence-corrected chi connectivity index (χ4v) is 4.15. The smallest absolute Gasteiger partial charge is 0.243 e. The van der Waals surface area contributed by atoms with Gasteiger partial charge in [-0.3, -0.25) is 0 Å². The van der Waals surface area contributed by atoms with Crippen LogP contribution in [0.3, 0.4) is 0 Å². The third kappa shape index (κ3) is 3.05. The fourth-order valence-electron chi connectivity index (χ4n) is 2.52. The zero-order chi connectivity index (χ0) is 14.8. The second-order valence-corrected chi connectivity index (χ2v) is 7.44. The molecule has 0 saturated carbocycles. The summed E-state index contributed by atoms with van der Waals surface area (Å²) in [6.07, 6.45) is 1.06. The highest BCUT2D eigenvalue weighted by molar-refractivity contribution is 7.89. The predicted octanol–water partition coefficient (Wildman–Crippen LogP) is 2.18. The van der Waals surface area contributed by atoms with Crippen molar-refractivity contribution < 1.29 is 8.42 Å². The van der Waals surface area contributed by atoms with Crippen molar-refractivity contribution in [2.24, 2.45) is 0 Å². The van der Waals surface area contributed by atoms with Crippen LogP contribution < -0.4 is 5.32 Å². The van der Waals surface area contributed by atoms with Crippen molar-refractivity contribution in [1.29, 1.82) is 0 Å². The van der Waals surface area contributed by atoms with Gasteiger partial charge in [0.15, 0.2) is 0 Å². The monoisotopic (exact) mass is 296 g/mol. The van der Waals surface area contributed by atoms with Crippen LogP contribution in [0.5, 0.6) is 0 Å². The summed E-state index contributed by atoms with van der Waals surface area (Å²) < 4.78 is 26.9. The largest absolute Gasteiger partial charge is 0.314 e. The molecule has 0 bridgehead atoms. The number of nitrogens with zero attached hydrogens (tertiary/aromatic N) is 1. The van der Waals surface area contributed by atoms with Gasteiger partial charge in [-0.1, -0.05) is 26.0 Å². The van der Waals surface area contributed by atoms with Crippen LogP contribution in [-0.4, -0.2) is 38.4 Å². The molecule has 4 nitrogen and oxygen atoms in total. The van der Waals surface area contributed by atoms with E-state index in [1.54, 1.807) is 16.4 Å². The molecule has 2 atom stereocenters. The summed E-state index contributed by atoms with van der Waals surface area (Å²) in [5, 5.41) is 3.21. The topological polar surface area (TPSA) is 49.4 Å². The van der Waals surface area contributed by atoms with Gasteiger partial charge >= 0.3 is 0 Å². The minimum Gasteiger partial charge on any atom is -0.314 e. The first-order valence-corrected chi connectivity index (χ1v) is 8.73. The zero-order valence-corrected chi connectivity index (χ0v) is 13.3. The van der Waals surface area contributed by atoms with E-state index < -0.39 is 10.0 Å². The Balaban J connectivity index is 2.25. The van der Waals surface area contributed by atoms with Crippen molar-refractivity contribution >= 4 is 10.0 Å². The van der Waals surface area contributed by atoms with E-state index in [-0.39, 0.29) is 6.04 Å². The normalized spacial score (nSPS) is 22.6. The Kier molecular flexibility index (Phi) is 4.83. The van der Waals surface area contributed by atoms with E-state index in [0.29, 0.717) is 30.4 Å². The Morgan fingerprint density at radius 3 is 2.55 bits per heavy atom. The average molecular weight is 296 g/mol. The summed E-state index contributed by atoms with van der Waals surface area (Å²) in [5.41, 5.74) is 1.19. The maximum absolute atomic E-state index is 12.6. The van der Waals surface area contributed by atoms with E-state index in [1.165, 1.54) is 5.56 Å². The number of rotatable bonds is 4. The van der Waals surface area contributed by atoms with Gasteiger partial charge in [0.05, 0.1) is 4.90 Å². The maximum Gasteiger partial charge on any atom is 0.243 e. The summed E-state index contributed by atoms with van der Waals surface area (Å²) in [6.45, 7) is 8.20. The summed E-state index contributed by atoms with van der Waals surface area (Å²) in [7, 11) is -3.37. The lowest BCUT2D eigenvalue weighted by Crippen LogP contribution is -2.52. The third-order valence-electron chi connectivity index (χ3n) is 4.11. The number of hydrogen-bond acceptors (Lipinski definition) is 3. The Morgan fingerprint density at radius 2 is 2.00 bits per heavy atom. The standard InChI is InChI=1S/C15H24N2O2S/c1-4-12(2)14-5-7-15(8-6-14)20(18,19)17-10-9-16-11-13(17)3/h5-8,12-13,16H,4,9-11H2,1-3H3/t12?,13-/m1/s1. The van der Waals surface area contributed by atoms with Crippen LogP contribution in [0.15, 0.2) is 29.2 Å². The fraction of sp³-hybridized carbons (Fsp3) is 0.600. The molecule has 112 valence electrons. The molecule has 1 fully saturated rings. The van der Waals surface area contributed by atoms with E-state index in [9.17, 15) is 8.42 Å². The lowest BCUT2D eigenvalue weighted by molar-refractivity contribution is 0.284. The van der Waals surface area contributed by atoms with Crippen LogP contribution >= 0.6 is 0 Å². The van der Waals surface area contributed by atoms with Gasteiger partial charge in [0, 0.05) is 25.7 Å². The molecule has 1 aliphatic rings. The summed E-state index contributed by atoms with van der Waals surface area (Å²) in [5.74, 6) is 0.463. The molecule has 1 aromatic carbocycles. The first-order chi connectivity index (χ1) is 9.46. The summed E-state index contributed by atoms with van der Waals surface area (Å²) >= 11 is 0. The van der Waals surface area contributed by atoms with E-state index in [0.717, 1.165) is 6.42 Å². The quantitative estimate of drug-likeness (QED) is 0.926. The van der Waals surface area contributed by atoms with Gasteiger partial charge in [-0.2, -0.15) is 4.31 Å². The minimum atomic E-state index is -3.37. The molecule has 5 heteroatoms. The average Bonchev–Trinajstić information content (AvgIpc) is 2.47. The van der Waals surface area contributed by atoms with Gasteiger partial charge in [-0.05, 0) is 37.0 Å². The third-order valence-corrected chi connectivity index (χ3v) is 6.14. The van der Waals surface area contributed by atoms with E-state index in [1.807, 2.05) is 19.1 Å². The Morgan fingerprint density at radius 1 is 1.35 bits per heavy atom. The first kappa shape index (κ1) is 15.5. The number of piperazine rings is 1. The second kappa shape index (κ2) is 6.24. The van der Waals surface area contributed by atoms with Crippen LogP contribution in [-0.2, 0) is 10.0 Å². The van der Waals surface area contributed by atoms with Crippen LogP contribution in [0, 0.1) is 0 Å². The molecule has 1 N–H and O–H groups in total. The lowest BCUT2D eigenvalue weighted by atomic mass is 9.99.